The second-order valence-corrected chi connectivity index (χ2v) is 5.08. The topological polar surface area (TPSA) is 24.1 Å². The molecule has 1 aromatic heterocycles. The third-order valence-corrected chi connectivity index (χ3v) is 3.85. The quantitative estimate of drug-likeness (QED) is 0.845. The van der Waals surface area contributed by atoms with Crippen molar-refractivity contribution in [3.8, 4) is 0 Å². The predicted octanol–water partition coefficient (Wildman–Crippen LogP) is 3.39. The maximum Gasteiger partial charge on any atom is 0.0337 e. The van der Waals surface area contributed by atoms with Gasteiger partial charge in [-0.1, -0.05) is 12.1 Å². The van der Waals surface area contributed by atoms with E-state index in [-0.39, 0.29) is 0 Å². The summed E-state index contributed by atoms with van der Waals surface area (Å²) in [6.45, 7) is 4.04. The molecular formula is C14H18N2S. The molecule has 0 bridgehead atoms. The molecule has 0 aliphatic rings. The number of rotatable bonds is 5. The molecule has 0 atom stereocenters. The maximum absolute atomic E-state index is 3.47. The van der Waals surface area contributed by atoms with Crippen LogP contribution >= 0.6 is 11.3 Å². The number of hydrogen-bond donors (Lipinski definition) is 2. The minimum Gasteiger partial charge on any atom is -0.388 e. The minimum atomic E-state index is 0.918. The van der Waals surface area contributed by atoms with Gasteiger partial charge in [0.2, 0.25) is 0 Å². The Labute approximate surface area is 107 Å². The summed E-state index contributed by atoms with van der Waals surface area (Å²) in [5.41, 5.74) is 3.86. The molecule has 0 radical (unpaired) electrons. The Morgan fingerprint density at radius 1 is 1.06 bits per heavy atom. The molecule has 1 heterocycles. The fraction of sp³-hybridized carbons (Fsp3) is 0.286. The fourth-order valence-electron chi connectivity index (χ4n) is 1.69. The molecule has 0 aliphatic carbocycles. The molecule has 3 heteroatoms. The Morgan fingerprint density at radius 3 is 2.41 bits per heavy atom. The van der Waals surface area contributed by atoms with Crippen LogP contribution in [0.4, 0.5) is 5.69 Å². The van der Waals surface area contributed by atoms with Crippen LogP contribution in [0.5, 0.6) is 0 Å². The van der Waals surface area contributed by atoms with E-state index in [1.54, 1.807) is 0 Å². The predicted molar refractivity (Wildman–Crippen MR) is 75.6 cm³/mol. The highest BCUT2D eigenvalue weighted by Gasteiger charge is 1.99. The van der Waals surface area contributed by atoms with E-state index in [2.05, 4.69) is 53.3 Å². The first kappa shape index (κ1) is 12.1. The highest BCUT2D eigenvalue weighted by molar-refractivity contribution is 7.10. The van der Waals surface area contributed by atoms with Crippen molar-refractivity contribution in [1.29, 1.82) is 0 Å². The first-order valence-corrected chi connectivity index (χ1v) is 6.68. The highest BCUT2D eigenvalue weighted by Crippen LogP contribution is 2.15. The SMILES string of the molecule is CNc1ccc(CNCc2sccc2C)cc1. The summed E-state index contributed by atoms with van der Waals surface area (Å²) in [6, 6.07) is 10.7. The molecule has 0 saturated heterocycles. The monoisotopic (exact) mass is 246 g/mol. The van der Waals surface area contributed by atoms with E-state index in [9.17, 15) is 0 Å². The van der Waals surface area contributed by atoms with Crippen LogP contribution < -0.4 is 10.6 Å². The molecule has 2 nitrogen and oxygen atoms in total. The molecule has 0 spiro atoms. The summed E-state index contributed by atoms with van der Waals surface area (Å²) >= 11 is 1.82. The maximum atomic E-state index is 3.47. The molecule has 90 valence electrons. The fourth-order valence-corrected chi connectivity index (χ4v) is 2.57. The molecule has 0 unspecified atom stereocenters. The molecule has 0 amide bonds. The molecule has 2 N–H and O–H groups in total. The lowest BCUT2D eigenvalue weighted by atomic mass is 10.2. The van der Waals surface area contributed by atoms with E-state index >= 15 is 0 Å². The summed E-state index contributed by atoms with van der Waals surface area (Å²) in [4.78, 5) is 1.43. The molecule has 0 saturated carbocycles. The van der Waals surface area contributed by atoms with Crippen molar-refractivity contribution in [2.24, 2.45) is 0 Å². The number of anilines is 1. The summed E-state index contributed by atoms with van der Waals surface area (Å²) in [5, 5.41) is 8.74. The van der Waals surface area contributed by atoms with Gasteiger partial charge in [0.25, 0.3) is 0 Å². The normalized spacial score (nSPS) is 10.5. The zero-order valence-electron chi connectivity index (χ0n) is 10.3. The van der Waals surface area contributed by atoms with Crippen molar-refractivity contribution >= 4 is 17.0 Å². The molecule has 17 heavy (non-hydrogen) atoms. The third kappa shape index (κ3) is 3.32. The first-order valence-electron chi connectivity index (χ1n) is 5.80. The van der Waals surface area contributed by atoms with Crippen LogP contribution in [0.3, 0.4) is 0 Å². The Hall–Kier alpha value is -1.32. The van der Waals surface area contributed by atoms with Gasteiger partial charge in [-0.3, -0.25) is 0 Å². The second-order valence-electron chi connectivity index (χ2n) is 4.08. The van der Waals surface area contributed by atoms with Crippen LogP contribution in [0.1, 0.15) is 16.0 Å². The van der Waals surface area contributed by atoms with Crippen LogP contribution in [0.2, 0.25) is 0 Å². The van der Waals surface area contributed by atoms with Gasteiger partial charge in [0.15, 0.2) is 0 Å². The first-order chi connectivity index (χ1) is 8.29. The summed E-state index contributed by atoms with van der Waals surface area (Å²) in [6.07, 6.45) is 0. The van der Waals surface area contributed by atoms with Crippen molar-refractivity contribution in [2.75, 3.05) is 12.4 Å². The van der Waals surface area contributed by atoms with Gasteiger partial charge in [-0.2, -0.15) is 0 Å². The third-order valence-electron chi connectivity index (χ3n) is 2.83. The van der Waals surface area contributed by atoms with Crippen molar-refractivity contribution in [3.63, 3.8) is 0 Å². The lowest BCUT2D eigenvalue weighted by molar-refractivity contribution is 0.699. The largest absolute Gasteiger partial charge is 0.388 e. The highest BCUT2D eigenvalue weighted by atomic mass is 32.1. The zero-order valence-corrected chi connectivity index (χ0v) is 11.1. The standard InChI is InChI=1S/C14H18N2S/c1-11-7-8-17-14(11)10-16-9-12-3-5-13(15-2)6-4-12/h3-8,15-16H,9-10H2,1-2H3. The van der Waals surface area contributed by atoms with Crippen molar-refractivity contribution in [1.82, 2.24) is 5.32 Å². The number of aryl methyl sites for hydroxylation is 1. The van der Waals surface area contributed by atoms with Crippen molar-refractivity contribution < 1.29 is 0 Å². The van der Waals surface area contributed by atoms with Crippen LogP contribution in [0.15, 0.2) is 35.7 Å². The smallest absolute Gasteiger partial charge is 0.0337 e. The Balaban J connectivity index is 1.83. The van der Waals surface area contributed by atoms with Gasteiger partial charge in [0, 0.05) is 30.7 Å². The van der Waals surface area contributed by atoms with Crippen LogP contribution in [0, 0.1) is 6.92 Å². The average Bonchev–Trinajstić information content (AvgIpc) is 2.76. The minimum absolute atomic E-state index is 0.918. The molecule has 1 aromatic carbocycles. The summed E-state index contributed by atoms with van der Waals surface area (Å²) in [5.74, 6) is 0. The molecule has 0 aliphatic heterocycles. The molecule has 2 aromatic rings. The van der Waals surface area contributed by atoms with Crippen LogP contribution in [0.25, 0.3) is 0 Å². The van der Waals surface area contributed by atoms with Crippen molar-refractivity contribution in [2.45, 2.75) is 20.0 Å². The Bertz CT molecular complexity index is 459. The van der Waals surface area contributed by atoms with Gasteiger partial charge < -0.3 is 10.6 Å². The van der Waals surface area contributed by atoms with E-state index in [4.69, 9.17) is 0 Å². The number of hydrogen-bond acceptors (Lipinski definition) is 3. The molecule has 0 fully saturated rings. The lowest BCUT2D eigenvalue weighted by Crippen LogP contribution is -2.12. The summed E-state index contributed by atoms with van der Waals surface area (Å²) < 4.78 is 0. The zero-order chi connectivity index (χ0) is 12.1. The van der Waals surface area contributed by atoms with Gasteiger partial charge in [-0.25, -0.2) is 0 Å². The van der Waals surface area contributed by atoms with E-state index in [0.717, 1.165) is 18.8 Å². The van der Waals surface area contributed by atoms with Gasteiger partial charge >= 0.3 is 0 Å². The van der Waals surface area contributed by atoms with Crippen molar-refractivity contribution in [3.05, 3.63) is 51.7 Å². The molecule has 2 rings (SSSR count). The number of benzene rings is 1. The molecular weight excluding hydrogens is 228 g/mol. The van der Waals surface area contributed by atoms with Gasteiger partial charge in [0.05, 0.1) is 0 Å². The summed E-state index contributed by atoms with van der Waals surface area (Å²) in [7, 11) is 1.94. The van der Waals surface area contributed by atoms with Gasteiger partial charge in [0.1, 0.15) is 0 Å². The van der Waals surface area contributed by atoms with E-state index in [0.29, 0.717) is 0 Å². The van der Waals surface area contributed by atoms with Crippen LogP contribution in [-0.2, 0) is 13.1 Å². The van der Waals surface area contributed by atoms with Gasteiger partial charge in [-0.05, 0) is 41.6 Å². The van der Waals surface area contributed by atoms with E-state index < -0.39 is 0 Å². The van der Waals surface area contributed by atoms with E-state index in [1.165, 1.54) is 16.0 Å². The Morgan fingerprint density at radius 2 is 1.82 bits per heavy atom. The Kier molecular flexibility index (Phi) is 4.18. The van der Waals surface area contributed by atoms with Crippen LogP contribution in [-0.4, -0.2) is 7.05 Å². The average molecular weight is 246 g/mol. The number of nitrogens with one attached hydrogen (secondary N) is 2. The van der Waals surface area contributed by atoms with E-state index in [1.807, 2.05) is 18.4 Å². The lowest BCUT2D eigenvalue weighted by Gasteiger charge is -2.06. The van der Waals surface area contributed by atoms with Gasteiger partial charge in [-0.15, -0.1) is 11.3 Å². The number of thiophene rings is 1. The second kappa shape index (κ2) is 5.84.